The summed E-state index contributed by atoms with van der Waals surface area (Å²) in [6.45, 7) is 7.10. The number of nitrogens with one attached hydrogen (secondary N) is 1. The summed E-state index contributed by atoms with van der Waals surface area (Å²) >= 11 is 0. The standard InChI is InChI=1S/C17H21F2N3O/c1-12-11-15(13-3-4-14(18)16(19)17(13)21-12)20-5-2-6-22-7-9-23-10-8-22/h3-4,11H,2,5-10H2,1H3,(H,20,21). The molecule has 1 aliphatic rings. The van der Waals surface area contributed by atoms with Crippen LogP contribution in [-0.2, 0) is 4.74 Å². The van der Waals surface area contributed by atoms with Gasteiger partial charge in [-0.1, -0.05) is 0 Å². The highest BCUT2D eigenvalue weighted by molar-refractivity contribution is 5.91. The van der Waals surface area contributed by atoms with Crippen LogP contribution in [0.4, 0.5) is 14.5 Å². The lowest BCUT2D eigenvalue weighted by atomic mass is 10.1. The number of morpholine rings is 1. The second-order valence-electron chi connectivity index (χ2n) is 5.80. The molecule has 1 aromatic heterocycles. The smallest absolute Gasteiger partial charge is 0.185 e. The minimum Gasteiger partial charge on any atom is -0.384 e. The molecule has 0 aliphatic carbocycles. The van der Waals surface area contributed by atoms with E-state index < -0.39 is 11.6 Å². The fourth-order valence-corrected chi connectivity index (χ4v) is 2.86. The topological polar surface area (TPSA) is 37.4 Å². The summed E-state index contributed by atoms with van der Waals surface area (Å²) in [6, 6.07) is 4.59. The molecule has 0 saturated carbocycles. The van der Waals surface area contributed by atoms with Crippen LogP contribution in [-0.4, -0.2) is 49.3 Å². The molecule has 0 spiro atoms. The number of anilines is 1. The molecule has 124 valence electrons. The van der Waals surface area contributed by atoms with Crippen LogP contribution in [0.3, 0.4) is 0 Å². The summed E-state index contributed by atoms with van der Waals surface area (Å²) in [6.07, 6.45) is 0.979. The molecule has 0 bridgehead atoms. The predicted molar refractivity (Wildman–Crippen MR) is 86.8 cm³/mol. The summed E-state index contributed by atoms with van der Waals surface area (Å²) in [5, 5.41) is 3.94. The van der Waals surface area contributed by atoms with Gasteiger partial charge in [0.2, 0.25) is 0 Å². The third-order valence-electron chi connectivity index (χ3n) is 4.07. The van der Waals surface area contributed by atoms with Crippen molar-refractivity contribution >= 4 is 16.6 Å². The molecule has 23 heavy (non-hydrogen) atoms. The number of pyridine rings is 1. The highest BCUT2D eigenvalue weighted by atomic mass is 19.2. The number of ether oxygens (including phenoxy) is 1. The Balaban J connectivity index is 1.66. The molecular formula is C17H21F2N3O. The summed E-state index contributed by atoms with van der Waals surface area (Å²) in [7, 11) is 0. The van der Waals surface area contributed by atoms with Gasteiger partial charge in [0.05, 0.1) is 13.2 Å². The van der Waals surface area contributed by atoms with E-state index >= 15 is 0 Å². The molecule has 0 unspecified atom stereocenters. The number of fused-ring (bicyclic) bond motifs is 1. The van der Waals surface area contributed by atoms with Crippen molar-refractivity contribution in [3.8, 4) is 0 Å². The van der Waals surface area contributed by atoms with Crippen molar-refractivity contribution in [1.82, 2.24) is 9.88 Å². The fourth-order valence-electron chi connectivity index (χ4n) is 2.86. The quantitative estimate of drug-likeness (QED) is 0.859. The van der Waals surface area contributed by atoms with E-state index in [0.717, 1.165) is 57.6 Å². The first-order valence-electron chi connectivity index (χ1n) is 7.94. The van der Waals surface area contributed by atoms with Crippen LogP contribution in [0.2, 0.25) is 0 Å². The Labute approximate surface area is 134 Å². The van der Waals surface area contributed by atoms with E-state index in [2.05, 4.69) is 15.2 Å². The van der Waals surface area contributed by atoms with Gasteiger partial charge in [0.15, 0.2) is 11.6 Å². The summed E-state index contributed by atoms with van der Waals surface area (Å²) in [4.78, 5) is 6.49. The number of aromatic nitrogens is 1. The lowest BCUT2D eigenvalue weighted by Crippen LogP contribution is -2.37. The van der Waals surface area contributed by atoms with E-state index in [1.54, 1.807) is 13.0 Å². The van der Waals surface area contributed by atoms with Gasteiger partial charge < -0.3 is 10.1 Å². The van der Waals surface area contributed by atoms with E-state index in [4.69, 9.17) is 4.74 Å². The molecule has 1 fully saturated rings. The van der Waals surface area contributed by atoms with Crippen LogP contribution in [0, 0.1) is 18.6 Å². The molecule has 6 heteroatoms. The highest BCUT2D eigenvalue weighted by Crippen LogP contribution is 2.26. The minimum atomic E-state index is -0.887. The third kappa shape index (κ3) is 3.76. The van der Waals surface area contributed by atoms with Crippen LogP contribution in [0.15, 0.2) is 18.2 Å². The average Bonchev–Trinajstić information content (AvgIpc) is 2.56. The monoisotopic (exact) mass is 321 g/mol. The van der Waals surface area contributed by atoms with Crippen molar-refractivity contribution in [3.63, 3.8) is 0 Å². The number of hydrogen-bond acceptors (Lipinski definition) is 4. The average molecular weight is 321 g/mol. The maximum absolute atomic E-state index is 13.9. The Kier molecular flexibility index (Phi) is 5.03. The van der Waals surface area contributed by atoms with E-state index in [0.29, 0.717) is 11.1 Å². The van der Waals surface area contributed by atoms with Crippen LogP contribution in [0.5, 0.6) is 0 Å². The number of aryl methyl sites for hydroxylation is 1. The van der Waals surface area contributed by atoms with E-state index in [9.17, 15) is 8.78 Å². The van der Waals surface area contributed by atoms with Crippen molar-refractivity contribution < 1.29 is 13.5 Å². The lowest BCUT2D eigenvalue weighted by Gasteiger charge is -2.26. The summed E-state index contributed by atoms with van der Waals surface area (Å²) < 4.78 is 32.6. The lowest BCUT2D eigenvalue weighted by molar-refractivity contribution is 0.0378. The summed E-state index contributed by atoms with van der Waals surface area (Å²) in [5.74, 6) is -1.75. The molecule has 1 saturated heterocycles. The molecule has 2 aromatic rings. The van der Waals surface area contributed by atoms with Crippen molar-refractivity contribution in [2.45, 2.75) is 13.3 Å². The first-order chi connectivity index (χ1) is 11.1. The van der Waals surface area contributed by atoms with Crippen molar-refractivity contribution in [2.75, 3.05) is 44.7 Å². The first-order valence-corrected chi connectivity index (χ1v) is 7.94. The molecule has 2 heterocycles. The zero-order valence-electron chi connectivity index (χ0n) is 13.2. The van der Waals surface area contributed by atoms with E-state index in [1.807, 2.05) is 6.07 Å². The van der Waals surface area contributed by atoms with Gasteiger partial charge in [0.25, 0.3) is 0 Å². The van der Waals surface area contributed by atoms with E-state index in [1.165, 1.54) is 0 Å². The Morgan fingerprint density at radius 2 is 2.04 bits per heavy atom. The maximum Gasteiger partial charge on any atom is 0.185 e. The normalized spacial score (nSPS) is 16.0. The molecular weight excluding hydrogens is 300 g/mol. The minimum absolute atomic E-state index is 0.0840. The van der Waals surface area contributed by atoms with Crippen LogP contribution >= 0.6 is 0 Å². The molecule has 1 N–H and O–H groups in total. The van der Waals surface area contributed by atoms with Crippen LogP contribution in [0.1, 0.15) is 12.1 Å². The predicted octanol–water partition coefficient (Wildman–Crippen LogP) is 2.96. The number of hydrogen-bond donors (Lipinski definition) is 1. The molecule has 4 nitrogen and oxygen atoms in total. The maximum atomic E-state index is 13.9. The Hall–Kier alpha value is -1.79. The Morgan fingerprint density at radius 3 is 2.83 bits per heavy atom. The van der Waals surface area contributed by atoms with Crippen molar-refractivity contribution in [1.29, 1.82) is 0 Å². The van der Waals surface area contributed by atoms with Gasteiger partial charge in [-0.15, -0.1) is 0 Å². The molecule has 1 aromatic carbocycles. The number of rotatable bonds is 5. The van der Waals surface area contributed by atoms with E-state index in [-0.39, 0.29) is 5.52 Å². The largest absolute Gasteiger partial charge is 0.384 e. The van der Waals surface area contributed by atoms with Crippen LogP contribution < -0.4 is 5.32 Å². The molecule has 0 atom stereocenters. The molecule has 0 radical (unpaired) electrons. The number of nitrogens with zero attached hydrogens (tertiary/aromatic N) is 2. The van der Waals surface area contributed by atoms with Gasteiger partial charge in [-0.2, -0.15) is 0 Å². The van der Waals surface area contributed by atoms with Gasteiger partial charge in [-0.3, -0.25) is 4.90 Å². The first kappa shape index (κ1) is 16.1. The van der Waals surface area contributed by atoms with Crippen molar-refractivity contribution in [3.05, 3.63) is 35.5 Å². The number of benzene rings is 1. The van der Waals surface area contributed by atoms with Gasteiger partial charge in [0, 0.05) is 36.4 Å². The highest BCUT2D eigenvalue weighted by Gasteiger charge is 2.13. The number of halogens is 2. The zero-order chi connectivity index (χ0) is 16.2. The van der Waals surface area contributed by atoms with Gasteiger partial charge in [-0.25, -0.2) is 13.8 Å². The second-order valence-corrected chi connectivity index (χ2v) is 5.80. The molecule has 0 amide bonds. The third-order valence-corrected chi connectivity index (χ3v) is 4.07. The second kappa shape index (κ2) is 7.19. The van der Waals surface area contributed by atoms with Crippen molar-refractivity contribution in [2.24, 2.45) is 0 Å². The van der Waals surface area contributed by atoms with Gasteiger partial charge in [-0.05, 0) is 38.1 Å². The molecule has 3 rings (SSSR count). The summed E-state index contributed by atoms with van der Waals surface area (Å²) in [5.41, 5.74) is 1.55. The fraction of sp³-hybridized carbons (Fsp3) is 0.471. The van der Waals surface area contributed by atoms with Crippen LogP contribution in [0.25, 0.3) is 10.9 Å². The SMILES string of the molecule is Cc1cc(NCCCN2CCOCC2)c2ccc(F)c(F)c2n1. The van der Waals surface area contributed by atoms with Gasteiger partial charge in [0.1, 0.15) is 5.52 Å². The zero-order valence-corrected chi connectivity index (χ0v) is 13.2. The molecule has 1 aliphatic heterocycles. The van der Waals surface area contributed by atoms with Gasteiger partial charge >= 0.3 is 0 Å². The Bertz CT molecular complexity index is 687. The Morgan fingerprint density at radius 1 is 1.26 bits per heavy atom.